The lowest BCUT2D eigenvalue weighted by atomic mass is 10.00. The molecule has 1 aromatic heterocycles. The summed E-state index contributed by atoms with van der Waals surface area (Å²) in [6.07, 6.45) is 2.96. The van der Waals surface area contributed by atoms with Crippen LogP contribution in [0.1, 0.15) is 35.9 Å². The van der Waals surface area contributed by atoms with E-state index in [0.29, 0.717) is 11.5 Å². The smallest absolute Gasteiger partial charge is 0.335 e. The van der Waals surface area contributed by atoms with Gasteiger partial charge in [-0.2, -0.15) is 0 Å². The quantitative estimate of drug-likeness (QED) is 0.939. The first-order valence-corrected chi connectivity index (χ1v) is 7.49. The van der Waals surface area contributed by atoms with Crippen LogP contribution in [0.3, 0.4) is 0 Å². The number of carboxylic acids is 1. The van der Waals surface area contributed by atoms with E-state index >= 15 is 0 Å². The highest BCUT2D eigenvalue weighted by molar-refractivity contribution is 5.92. The van der Waals surface area contributed by atoms with E-state index in [2.05, 4.69) is 16.5 Å². The van der Waals surface area contributed by atoms with E-state index in [9.17, 15) is 9.90 Å². The maximum Gasteiger partial charge on any atom is 0.335 e. The predicted molar refractivity (Wildman–Crippen MR) is 79.6 cm³/mol. The number of aryl methyl sites for hydroxylation is 1. The third kappa shape index (κ3) is 2.78. The summed E-state index contributed by atoms with van der Waals surface area (Å²) in [5.41, 5.74) is 2.13. The minimum absolute atomic E-state index is 0.318. The van der Waals surface area contributed by atoms with E-state index in [0.717, 1.165) is 55.9 Å². The SMILES string of the molecule is CCc1nc2ccc(C(=O)O)cc2n1CC1CCOCC1. The molecular weight excluding hydrogens is 268 g/mol. The molecule has 3 rings (SSSR count). The fraction of sp³-hybridized carbons (Fsp3) is 0.500. The van der Waals surface area contributed by atoms with Crippen molar-refractivity contribution < 1.29 is 14.6 Å². The molecule has 1 aliphatic heterocycles. The largest absolute Gasteiger partial charge is 0.478 e. The van der Waals surface area contributed by atoms with Crippen molar-refractivity contribution >= 4 is 17.0 Å². The van der Waals surface area contributed by atoms with Crippen LogP contribution >= 0.6 is 0 Å². The number of fused-ring (bicyclic) bond motifs is 1. The summed E-state index contributed by atoms with van der Waals surface area (Å²) in [6, 6.07) is 5.16. The van der Waals surface area contributed by atoms with E-state index in [1.54, 1.807) is 18.2 Å². The average molecular weight is 288 g/mol. The first kappa shape index (κ1) is 14.1. The number of rotatable bonds is 4. The Bertz CT molecular complexity index is 657. The van der Waals surface area contributed by atoms with Crippen LogP contribution < -0.4 is 0 Å². The minimum atomic E-state index is -0.895. The molecule has 0 radical (unpaired) electrons. The van der Waals surface area contributed by atoms with Crippen molar-refractivity contribution in [1.29, 1.82) is 0 Å². The molecule has 0 aliphatic carbocycles. The number of carboxylic acid groups (broad SMARTS) is 1. The number of aromatic nitrogens is 2. The summed E-state index contributed by atoms with van der Waals surface area (Å²) in [6.45, 7) is 4.62. The van der Waals surface area contributed by atoms with E-state index in [1.807, 2.05) is 0 Å². The Morgan fingerprint density at radius 2 is 2.19 bits per heavy atom. The van der Waals surface area contributed by atoms with Gasteiger partial charge >= 0.3 is 5.97 Å². The van der Waals surface area contributed by atoms with Gasteiger partial charge in [0.15, 0.2) is 0 Å². The number of ether oxygens (including phenoxy) is 1. The molecule has 5 nitrogen and oxygen atoms in total. The fourth-order valence-electron chi connectivity index (χ4n) is 2.97. The maximum atomic E-state index is 11.2. The lowest BCUT2D eigenvalue weighted by Gasteiger charge is -2.23. The molecule has 1 N–H and O–H groups in total. The predicted octanol–water partition coefficient (Wildman–Crippen LogP) is 2.72. The summed E-state index contributed by atoms with van der Waals surface area (Å²) < 4.78 is 7.60. The Balaban J connectivity index is 2.00. The Hall–Kier alpha value is -1.88. The molecule has 0 amide bonds. The van der Waals surface area contributed by atoms with Gasteiger partial charge in [-0.3, -0.25) is 0 Å². The van der Waals surface area contributed by atoms with Crippen molar-refractivity contribution in [2.75, 3.05) is 13.2 Å². The highest BCUT2D eigenvalue weighted by Crippen LogP contribution is 2.23. The second-order valence-corrected chi connectivity index (χ2v) is 5.56. The number of nitrogens with zero attached hydrogens (tertiary/aromatic N) is 2. The van der Waals surface area contributed by atoms with Gasteiger partial charge in [-0.1, -0.05) is 6.92 Å². The molecule has 1 fully saturated rings. The Kier molecular flexibility index (Phi) is 3.92. The van der Waals surface area contributed by atoms with E-state index in [-0.39, 0.29) is 0 Å². The van der Waals surface area contributed by atoms with Crippen LogP contribution in [0.25, 0.3) is 11.0 Å². The fourth-order valence-corrected chi connectivity index (χ4v) is 2.97. The number of aromatic carboxylic acids is 1. The lowest BCUT2D eigenvalue weighted by Crippen LogP contribution is -2.21. The van der Waals surface area contributed by atoms with Gasteiger partial charge in [0.05, 0.1) is 16.6 Å². The zero-order valence-corrected chi connectivity index (χ0v) is 12.2. The van der Waals surface area contributed by atoms with Crippen molar-refractivity contribution in [2.45, 2.75) is 32.7 Å². The monoisotopic (exact) mass is 288 g/mol. The van der Waals surface area contributed by atoms with Gasteiger partial charge in [0, 0.05) is 26.2 Å². The Labute approximate surface area is 123 Å². The van der Waals surface area contributed by atoms with Crippen LogP contribution in [0.15, 0.2) is 18.2 Å². The molecule has 0 bridgehead atoms. The molecule has 2 heterocycles. The van der Waals surface area contributed by atoms with Gasteiger partial charge in [0.1, 0.15) is 5.82 Å². The summed E-state index contributed by atoms with van der Waals surface area (Å²) in [5, 5.41) is 9.17. The van der Waals surface area contributed by atoms with Crippen molar-refractivity contribution in [2.24, 2.45) is 5.92 Å². The van der Waals surface area contributed by atoms with Crippen molar-refractivity contribution in [3.05, 3.63) is 29.6 Å². The summed E-state index contributed by atoms with van der Waals surface area (Å²) in [7, 11) is 0. The number of hydrogen-bond donors (Lipinski definition) is 1. The van der Waals surface area contributed by atoms with Gasteiger partial charge in [-0.15, -0.1) is 0 Å². The first-order valence-electron chi connectivity index (χ1n) is 7.49. The molecule has 1 aliphatic rings. The summed E-state index contributed by atoms with van der Waals surface area (Å²) in [5.74, 6) is 0.711. The molecule has 5 heteroatoms. The Morgan fingerprint density at radius 1 is 1.43 bits per heavy atom. The minimum Gasteiger partial charge on any atom is -0.478 e. The molecule has 2 aromatic rings. The van der Waals surface area contributed by atoms with E-state index < -0.39 is 5.97 Å². The second kappa shape index (κ2) is 5.85. The zero-order valence-electron chi connectivity index (χ0n) is 12.2. The van der Waals surface area contributed by atoms with Crippen LogP contribution in [-0.2, 0) is 17.7 Å². The number of imidazole rings is 1. The normalized spacial score (nSPS) is 16.4. The van der Waals surface area contributed by atoms with Gasteiger partial charge in [-0.05, 0) is 37.0 Å². The molecule has 112 valence electrons. The summed E-state index contributed by atoms with van der Waals surface area (Å²) >= 11 is 0. The van der Waals surface area contributed by atoms with Crippen LogP contribution in [0, 0.1) is 5.92 Å². The zero-order chi connectivity index (χ0) is 14.8. The average Bonchev–Trinajstić information content (AvgIpc) is 2.85. The highest BCUT2D eigenvalue weighted by Gasteiger charge is 2.18. The third-order valence-corrected chi connectivity index (χ3v) is 4.17. The second-order valence-electron chi connectivity index (χ2n) is 5.56. The Morgan fingerprint density at radius 3 is 2.86 bits per heavy atom. The molecule has 21 heavy (non-hydrogen) atoms. The topological polar surface area (TPSA) is 64.3 Å². The molecule has 1 aromatic carbocycles. The third-order valence-electron chi connectivity index (χ3n) is 4.17. The number of carbonyl (C=O) groups is 1. The van der Waals surface area contributed by atoms with Crippen LogP contribution in [-0.4, -0.2) is 33.8 Å². The van der Waals surface area contributed by atoms with Gasteiger partial charge in [0.2, 0.25) is 0 Å². The van der Waals surface area contributed by atoms with E-state index in [4.69, 9.17) is 4.74 Å². The standard InChI is InChI=1S/C16H20N2O3/c1-2-15-17-13-4-3-12(16(19)20)9-14(13)18(15)10-11-5-7-21-8-6-11/h3-4,9,11H,2,5-8,10H2,1H3,(H,19,20). The number of benzene rings is 1. The molecule has 0 spiro atoms. The van der Waals surface area contributed by atoms with Crippen LogP contribution in [0.5, 0.6) is 0 Å². The first-order chi connectivity index (χ1) is 10.2. The maximum absolute atomic E-state index is 11.2. The molecular formula is C16H20N2O3. The lowest BCUT2D eigenvalue weighted by molar-refractivity contribution is 0.0613. The van der Waals surface area contributed by atoms with Gasteiger partial charge in [-0.25, -0.2) is 9.78 Å². The van der Waals surface area contributed by atoms with Crippen molar-refractivity contribution in [3.63, 3.8) is 0 Å². The molecule has 0 saturated carbocycles. The van der Waals surface area contributed by atoms with Crippen molar-refractivity contribution in [1.82, 2.24) is 9.55 Å². The number of hydrogen-bond acceptors (Lipinski definition) is 3. The molecule has 0 unspecified atom stereocenters. The van der Waals surface area contributed by atoms with Crippen LogP contribution in [0.2, 0.25) is 0 Å². The van der Waals surface area contributed by atoms with Crippen molar-refractivity contribution in [3.8, 4) is 0 Å². The van der Waals surface area contributed by atoms with Gasteiger partial charge < -0.3 is 14.4 Å². The summed E-state index contributed by atoms with van der Waals surface area (Å²) in [4.78, 5) is 15.8. The van der Waals surface area contributed by atoms with Crippen LogP contribution in [0.4, 0.5) is 0 Å². The molecule has 0 atom stereocenters. The van der Waals surface area contributed by atoms with E-state index in [1.165, 1.54) is 0 Å². The molecule has 1 saturated heterocycles. The highest BCUT2D eigenvalue weighted by atomic mass is 16.5. The van der Waals surface area contributed by atoms with Gasteiger partial charge in [0.25, 0.3) is 0 Å².